The zero-order valence-corrected chi connectivity index (χ0v) is 13.2. The molecule has 0 fully saturated rings. The van der Waals surface area contributed by atoms with E-state index in [9.17, 15) is 4.79 Å². The summed E-state index contributed by atoms with van der Waals surface area (Å²) in [5.41, 5.74) is 1.70. The van der Waals surface area contributed by atoms with Crippen LogP contribution in [0.4, 0.5) is 5.69 Å². The lowest BCUT2D eigenvalue weighted by atomic mass is 10.1. The molecule has 0 spiro atoms. The number of carbonyl (C=O) groups excluding carboxylic acids is 1. The van der Waals surface area contributed by atoms with Crippen LogP contribution < -0.4 is 10.1 Å². The highest BCUT2D eigenvalue weighted by Gasteiger charge is 2.15. The Bertz CT molecular complexity index is 671. The van der Waals surface area contributed by atoms with E-state index < -0.39 is 0 Å². The molecule has 0 saturated heterocycles. The number of carbonyl (C=O) groups is 1. The molecular formula is C17H18ClNO3. The van der Waals surface area contributed by atoms with E-state index >= 15 is 0 Å². The molecular weight excluding hydrogens is 302 g/mol. The van der Waals surface area contributed by atoms with Gasteiger partial charge in [-0.2, -0.15) is 0 Å². The number of nitrogens with one attached hydrogen (secondary N) is 1. The third-order valence-corrected chi connectivity index (χ3v) is 3.15. The molecule has 0 unspecified atom stereocenters. The monoisotopic (exact) mass is 319 g/mol. The fraction of sp³-hybridized carbons (Fsp3) is 0.235. The first-order valence-electron chi connectivity index (χ1n) is 6.97. The summed E-state index contributed by atoms with van der Waals surface area (Å²) >= 11 is 5.98. The van der Waals surface area contributed by atoms with Gasteiger partial charge in [-0.1, -0.05) is 23.7 Å². The van der Waals surface area contributed by atoms with Crippen molar-refractivity contribution in [2.24, 2.45) is 0 Å². The highest BCUT2D eigenvalue weighted by atomic mass is 35.5. The molecule has 0 atom stereocenters. The van der Waals surface area contributed by atoms with E-state index in [2.05, 4.69) is 5.32 Å². The van der Waals surface area contributed by atoms with Crippen LogP contribution in [0.15, 0.2) is 42.5 Å². The van der Waals surface area contributed by atoms with Crippen LogP contribution >= 0.6 is 11.6 Å². The van der Waals surface area contributed by atoms with Crippen molar-refractivity contribution in [1.82, 2.24) is 0 Å². The molecule has 0 aliphatic heterocycles. The lowest BCUT2D eigenvalue weighted by Gasteiger charge is -2.14. The van der Waals surface area contributed by atoms with Gasteiger partial charge in [0.2, 0.25) is 0 Å². The molecule has 2 N–H and O–H groups in total. The Labute approximate surface area is 134 Å². The summed E-state index contributed by atoms with van der Waals surface area (Å²) in [5, 5.41) is 12.4. The van der Waals surface area contributed by atoms with Crippen molar-refractivity contribution in [1.29, 1.82) is 0 Å². The average molecular weight is 320 g/mol. The van der Waals surface area contributed by atoms with Gasteiger partial charge in [-0.15, -0.1) is 0 Å². The van der Waals surface area contributed by atoms with Gasteiger partial charge in [0.15, 0.2) is 0 Å². The lowest BCUT2D eigenvalue weighted by Crippen LogP contribution is -2.16. The molecule has 1 amide bonds. The van der Waals surface area contributed by atoms with Crippen molar-refractivity contribution < 1.29 is 14.6 Å². The number of hydrogen-bond acceptors (Lipinski definition) is 3. The molecule has 0 radical (unpaired) electrons. The van der Waals surface area contributed by atoms with E-state index in [0.29, 0.717) is 22.0 Å². The van der Waals surface area contributed by atoms with Crippen LogP contribution in [-0.4, -0.2) is 17.1 Å². The smallest absolute Gasteiger partial charge is 0.259 e. The summed E-state index contributed by atoms with van der Waals surface area (Å²) in [7, 11) is 0. The van der Waals surface area contributed by atoms with E-state index in [1.54, 1.807) is 42.5 Å². The Hall–Kier alpha value is -2.04. The van der Waals surface area contributed by atoms with Gasteiger partial charge in [-0.05, 0) is 49.7 Å². The SMILES string of the molecule is CC(C)Oc1ccc(Cl)cc1C(=O)Nc1cccc(CO)c1. The van der Waals surface area contributed by atoms with Gasteiger partial charge in [-0.3, -0.25) is 4.79 Å². The normalized spacial score (nSPS) is 10.6. The molecule has 4 nitrogen and oxygen atoms in total. The predicted molar refractivity (Wildman–Crippen MR) is 87.5 cm³/mol. The Kier molecular flexibility index (Phi) is 5.41. The number of rotatable bonds is 5. The van der Waals surface area contributed by atoms with Crippen LogP contribution in [0.25, 0.3) is 0 Å². The topological polar surface area (TPSA) is 58.6 Å². The maximum absolute atomic E-state index is 12.5. The van der Waals surface area contributed by atoms with Gasteiger partial charge in [0.05, 0.1) is 18.3 Å². The van der Waals surface area contributed by atoms with E-state index in [4.69, 9.17) is 21.4 Å². The van der Waals surface area contributed by atoms with Crippen molar-refractivity contribution >= 4 is 23.2 Å². The summed E-state index contributed by atoms with van der Waals surface area (Å²) in [5.74, 6) is 0.170. The molecule has 0 aliphatic rings. The lowest BCUT2D eigenvalue weighted by molar-refractivity contribution is 0.102. The second-order valence-electron chi connectivity index (χ2n) is 5.12. The molecule has 5 heteroatoms. The first kappa shape index (κ1) is 16.3. The molecule has 22 heavy (non-hydrogen) atoms. The molecule has 2 aromatic carbocycles. The summed E-state index contributed by atoms with van der Waals surface area (Å²) < 4.78 is 5.64. The quantitative estimate of drug-likeness (QED) is 0.879. The molecule has 0 saturated carbocycles. The maximum atomic E-state index is 12.5. The standard InChI is InChI=1S/C17H18ClNO3/c1-11(2)22-16-7-6-13(18)9-15(16)17(21)19-14-5-3-4-12(8-14)10-20/h3-9,11,20H,10H2,1-2H3,(H,19,21). The first-order valence-corrected chi connectivity index (χ1v) is 7.34. The van der Waals surface area contributed by atoms with Crippen molar-refractivity contribution in [2.45, 2.75) is 26.6 Å². The molecule has 2 aromatic rings. The summed E-state index contributed by atoms with van der Waals surface area (Å²) in [6.45, 7) is 3.70. The van der Waals surface area contributed by atoms with Crippen LogP contribution in [0.1, 0.15) is 29.8 Å². The minimum absolute atomic E-state index is 0.0505. The molecule has 2 rings (SSSR count). The maximum Gasteiger partial charge on any atom is 0.259 e. The van der Waals surface area contributed by atoms with Crippen LogP contribution in [0.2, 0.25) is 5.02 Å². The van der Waals surface area contributed by atoms with Crippen LogP contribution in [0.3, 0.4) is 0 Å². The van der Waals surface area contributed by atoms with Gasteiger partial charge in [0.1, 0.15) is 5.75 Å². The fourth-order valence-electron chi connectivity index (χ4n) is 1.98. The molecule has 0 aliphatic carbocycles. The fourth-order valence-corrected chi connectivity index (χ4v) is 2.15. The van der Waals surface area contributed by atoms with Gasteiger partial charge < -0.3 is 15.2 Å². The van der Waals surface area contributed by atoms with Crippen LogP contribution in [0.5, 0.6) is 5.75 Å². The second-order valence-corrected chi connectivity index (χ2v) is 5.56. The second kappa shape index (κ2) is 7.29. The molecule has 116 valence electrons. The minimum atomic E-state index is -0.312. The van der Waals surface area contributed by atoms with Crippen LogP contribution in [0, 0.1) is 0 Å². The van der Waals surface area contributed by atoms with Gasteiger partial charge in [0, 0.05) is 10.7 Å². The summed E-state index contributed by atoms with van der Waals surface area (Å²) in [6, 6.07) is 12.0. The zero-order valence-electron chi connectivity index (χ0n) is 12.5. The summed E-state index contributed by atoms with van der Waals surface area (Å²) in [6.07, 6.45) is -0.0505. The Balaban J connectivity index is 2.26. The van der Waals surface area contributed by atoms with E-state index in [-0.39, 0.29) is 18.6 Å². The third kappa shape index (κ3) is 4.23. The highest BCUT2D eigenvalue weighted by molar-refractivity contribution is 6.31. The Morgan fingerprint density at radius 1 is 1.27 bits per heavy atom. The van der Waals surface area contributed by atoms with Crippen LogP contribution in [-0.2, 0) is 6.61 Å². The number of aliphatic hydroxyl groups is 1. The van der Waals surface area contributed by atoms with E-state index in [1.807, 2.05) is 13.8 Å². The van der Waals surface area contributed by atoms with Gasteiger partial charge in [-0.25, -0.2) is 0 Å². The van der Waals surface area contributed by atoms with E-state index in [1.165, 1.54) is 0 Å². The Morgan fingerprint density at radius 2 is 2.05 bits per heavy atom. The number of benzene rings is 2. The van der Waals surface area contributed by atoms with Crippen molar-refractivity contribution in [3.8, 4) is 5.75 Å². The first-order chi connectivity index (χ1) is 10.5. The van der Waals surface area contributed by atoms with Gasteiger partial charge in [0.25, 0.3) is 5.91 Å². The van der Waals surface area contributed by atoms with Gasteiger partial charge >= 0.3 is 0 Å². The number of amides is 1. The number of ether oxygens (including phenoxy) is 1. The van der Waals surface area contributed by atoms with E-state index in [0.717, 1.165) is 5.56 Å². The molecule has 0 aromatic heterocycles. The average Bonchev–Trinajstić information content (AvgIpc) is 2.48. The van der Waals surface area contributed by atoms with Crippen molar-refractivity contribution in [2.75, 3.05) is 5.32 Å². The molecule has 0 bridgehead atoms. The minimum Gasteiger partial charge on any atom is -0.490 e. The largest absolute Gasteiger partial charge is 0.490 e. The Morgan fingerprint density at radius 3 is 2.73 bits per heavy atom. The predicted octanol–water partition coefficient (Wildman–Crippen LogP) is 3.87. The van der Waals surface area contributed by atoms with Crippen molar-refractivity contribution in [3.05, 3.63) is 58.6 Å². The summed E-state index contributed by atoms with van der Waals surface area (Å²) in [4.78, 5) is 12.5. The number of hydrogen-bond donors (Lipinski definition) is 2. The highest BCUT2D eigenvalue weighted by Crippen LogP contribution is 2.25. The number of halogens is 1. The molecule has 0 heterocycles. The third-order valence-electron chi connectivity index (χ3n) is 2.92. The van der Waals surface area contributed by atoms with Crippen molar-refractivity contribution in [3.63, 3.8) is 0 Å². The zero-order chi connectivity index (χ0) is 16.1. The number of aliphatic hydroxyl groups excluding tert-OH is 1. The number of anilines is 1.